The zero-order chi connectivity index (χ0) is 17.8. The van der Waals surface area contributed by atoms with Crippen molar-refractivity contribution in [3.05, 3.63) is 71.8 Å². The van der Waals surface area contributed by atoms with Crippen LogP contribution >= 0.6 is 0 Å². The molecule has 3 nitrogen and oxygen atoms in total. The van der Waals surface area contributed by atoms with Crippen molar-refractivity contribution < 1.29 is 9.53 Å². The highest BCUT2D eigenvalue weighted by Crippen LogP contribution is 2.29. The summed E-state index contributed by atoms with van der Waals surface area (Å²) in [6.45, 7) is 6.74. The lowest BCUT2D eigenvalue weighted by Gasteiger charge is -2.14. The highest BCUT2D eigenvalue weighted by Gasteiger charge is 2.17. The van der Waals surface area contributed by atoms with E-state index in [9.17, 15) is 4.79 Å². The monoisotopic (exact) mass is 333 g/mol. The first-order chi connectivity index (χ1) is 12.1. The van der Waals surface area contributed by atoms with Gasteiger partial charge < -0.3 is 10.1 Å². The van der Waals surface area contributed by atoms with E-state index in [1.54, 1.807) is 0 Å². The zero-order valence-corrected chi connectivity index (χ0v) is 14.9. The molecule has 0 unspecified atom stereocenters. The Bertz CT molecular complexity index is 882. The van der Waals surface area contributed by atoms with Crippen LogP contribution in [0.1, 0.15) is 42.6 Å². The normalized spacial score (nSPS) is 10.9. The molecule has 0 saturated carbocycles. The van der Waals surface area contributed by atoms with Gasteiger partial charge in [-0.25, -0.2) is 0 Å². The first kappa shape index (κ1) is 17.0. The maximum absolute atomic E-state index is 13.0. The molecule has 25 heavy (non-hydrogen) atoms. The molecule has 128 valence electrons. The van der Waals surface area contributed by atoms with Gasteiger partial charge >= 0.3 is 0 Å². The van der Waals surface area contributed by atoms with Gasteiger partial charge in [-0.05, 0) is 47.4 Å². The SMILES string of the molecule is CCOc1ccc2ccccc2c1C(=O)Nc1ccc(C(C)C)cc1. The van der Waals surface area contributed by atoms with E-state index in [4.69, 9.17) is 4.74 Å². The molecule has 0 spiro atoms. The maximum Gasteiger partial charge on any atom is 0.260 e. The highest BCUT2D eigenvalue weighted by atomic mass is 16.5. The molecular formula is C22H23NO2. The van der Waals surface area contributed by atoms with Crippen molar-refractivity contribution in [1.29, 1.82) is 0 Å². The number of carbonyl (C=O) groups is 1. The molecule has 0 heterocycles. The zero-order valence-electron chi connectivity index (χ0n) is 14.9. The van der Waals surface area contributed by atoms with Crippen molar-refractivity contribution >= 4 is 22.4 Å². The second kappa shape index (κ2) is 7.39. The number of anilines is 1. The van der Waals surface area contributed by atoms with Gasteiger partial charge in [0.2, 0.25) is 0 Å². The summed E-state index contributed by atoms with van der Waals surface area (Å²) in [5.74, 6) is 0.919. The quantitative estimate of drug-likeness (QED) is 0.658. The molecular weight excluding hydrogens is 310 g/mol. The summed E-state index contributed by atoms with van der Waals surface area (Å²) in [5.41, 5.74) is 2.61. The van der Waals surface area contributed by atoms with Gasteiger partial charge in [0.15, 0.2) is 0 Å². The Balaban J connectivity index is 1.96. The number of carbonyl (C=O) groups excluding carboxylic acids is 1. The number of benzene rings is 3. The van der Waals surface area contributed by atoms with E-state index in [2.05, 4.69) is 19.2 Å². The second-order valence-electron chi connectivity index (χ2n) is 6.32. The van der Waals surface area contributed by atoms with E-state index in [0.29, 0.717) is 23.8 Å². The maximum atomic E-state index is 13.0. The lowest BCUT2D eigenvalue weighted by atomic mass is 10.0. The highest BCUT2D eigenvalue weighted by molar-refractivity contribution is 6.15. The summed E-state index contributed by atoms with van der Waals surface area (Å²) in [7, 11) is 0. The fraction of sp³-hybridized carbons (Fsp3) is 0.227. The van der Waals surface area contributed by atoms with Gasteiger partial charge in [-0.2, -0.15) is 0 Å². The van der Waals surface area contributed by atoms with Crippen LogP contribution < -0.4 is 10.1 Å². The lowest BCUT2D eigenvalue weighted by molar-refractivity contribution is 0.102. The van der Waals surface area contributed by atoms with Crippen LogP contribution in [0, 0.1) is 0 Å². The van der Waals surface area contributed by atoms with Crippen LogP contribution in [0.15, 0.2) is 60.7 Å². The minimum Gasteiger partial charge on any atom is -0.493 e. The van der Waals surface area contributed by atoms with Gasteiger partial charge in [0.05, 0.1) is 12.2 Å². The molecule has 1 amide bonds. The van der Waals surface area contributed by atoms with Crippen molar-refractivity contribution in [1.82, 2.24) is 0 Å². The van der Waals surface area contributed by atoms with E-state index < -0.39 is 0 Å². The number of rotatable bonds is 5. The number of amides is 1. The summed E-state index contributed by atoms with van der Waals surface area (Å²) in [4.78, 5) is 13.0. The van der Waals surface area contributed by atoms with E-state index in [1.807, 2.05) is 67.6 Å². The molecule has 0 radical (unpaired) electrons. The third-order valence-corrected chi connectivity index (χ3v) is 4.25. The fourth-order valence-corrected chi connectivity index (χ4v) is 2.91. The van der Waals surface area contributed by atoms with Gasteiger partial charge in [0, 0.05) is 5.69 Å². The van der Waals surface area contributed by atoms with Crippen molar-refractivity contribution in [3.8, 4) is 5.75 Å². The first-order valence-corrected chi connectivity index (χ1v) is 8.66. The van der Waals surface area contributed by atoms with Gasteiger partial charge in [0.1, 0.15) is 5.75 Å². The Kier molecular flexibility index (Phi) is 5.03. The average Bonchev–Trinajstić information content (AvgIpc) is 2.62. The van der Waals surface area contributed by atoms with Crippen LogP contribution in [0.25, 0.3) is 10.8 Å². The van der Waals surface area contributed by atoms with Crippen LogP contribution in [-0.4, -0.2) is 12.5 Å². The summed E-state index contributed by atoms with van der Waals surface area (Å²) < 4.78 is 5.69. The smallest absolute Gasteiger partial charge is 0.260 e. The predicted octanol–water partition coefficient (Wildman–Crippen LogP) is 5.61. The molecule has 1 N–H and O–H groups in total. The third kappa shape index (κ3) is 3.66. The number of ether oxygens (including phenoxy) is 1. The van der Waals surface area contributed by atoms with E-state index in [-0.39, 0.29) is 5.91 Å². The van der Waals surface area contributed by atoms with Crippen LogP contribution in [0.2, 0.25) is 0 Å². The molecule has 0 bridgehead atoms. The molecule has 0 aliphatic rings. The fourth-order valence-electron chi connectivity index (χ4n) is 2.91. The Morgan fingerprint density at radius 1 is 1.00 bits per heavy atom. The molecule has 0 atom stereocenters. The van der Waals surface area contributed by atoms with Gasteiger partial charge in [-0.3, -0.25) is 4.79 Å². The Labute approximate surface area is 148 Å². The van der Waals surface area contributed by atoms with Crippen molar-refractivity contribution in [2.24, 2.45) is 0 Å². The van der Waals surface area contributed by atoms with Crippen LogP contribution in [0.3, 0.4) is 0 Å². The van der Waals surface area contributed by atoms with Crippen LogP contribution in [0.4, 0.5) is 5.69 Å². The molecule has 0 aromatic heterocycles. The number of fused-ring (bicyclic) bond motifs is 1. The van der Waals surface area contributed by atoms with E-state index in [0.717, 1.165) is 16.5 Å². The number of hydrogen-bond acceptors (Lipinski definition) is 2. The molecule has 3 heteroatoms. The Morgan fingerprint density at radius 3 is 2.40 bits per heavy atom. The Morgan fingerprint density at radius 2 is 1.72 bits per heavy atom. The molecule has 3 aromatic rings. The summed E-state index contributed by atoms with van der Waals surface area (Å²) in [6.07, 6.45) is 0. The van der Waals surface area contributed by atoms with Crippen LogP contribution in [0.5, 0.6) is 5.75 Å². The summed E-state index contributed by atoms with van der Waals surface area (Å²) >= 11 is 0. The average molecular weight is 333 g/mol. The van der Waals surface area contributed by atoms with E-state index >= 15 is 0 Å². The van der Waals surface area contributed by atoms with Crippen molar-refractivity contribution in [3.63, 3.8) is 0 Å². The number of nitrogens with one attached hydrogen (secondary N) is 1. The molecule has 3 rings (SSSR count). The molecule has 0 fully saturated rings. The molecule has 0 aliphatic carbocycles. The molecule has 3 aromatic carbocycles. The third-order valence-electron chi connectivity index (χ3n) is 4.25. The second-order valence-corrected chi connectivity index (χ2v) is 6.32. The van der Waals surface area contributed by atoms with Gasteiger partial charge in [-0.15, -0.1) is 0 Å². The van der Waals surface area contributed by atoms with E-state index in [1.165, 1.54) is 5.56 Å². The van der Waals surface area contributed by atoms with Gasteiger partial charge in [-0.1, -0.05) is 56.3 Å². The van der Waals surface area contributed by atoms with Crippen LogP contribution in [-0.2, 0) is 0 Å². The summed E-state index contributed by atoms with van der Waals surface area (Å²) in [5, 5.41) is 4.91. The molecule has 0 saturated heterocycles. The number of hydrogen-bond donors (Lipinski definition) is 1. The standard InChI is InChI=1S/C22H23NO2/c1-4-25-20-14-11-17-7-5-6-8-19(17)21(20)22(24)23-18-12-9-16(10-13-18)15(2)3/h5-15H,4H2,1-3H3,(H,23,24). The minimum absolute atomic E-state index is 0.155. The minimum atomic E-state index is -0.155. The Hall–Kier alpha value is -2.81. The van der Waals surface area contributed by atoms with Crippen molar-refractivity contribution in [2.45, 2.75) is 26.7 Å². The topological polar surface area (TPSA) is 38.3 Å². The molecule has 0 aliphatic heterocycles. The summed E-state index contributed by atoms with van der Waals surface area (Å²) in [6, 6.07) is 19.7. The van der Waals surface area contributed by atoms with Gasteiger partial charge in [0.25, 0.3) is 5.91 Å². The lowest BCUT2D eigenvalue weighted by Crippen LogP contribution is -2.14. The predicted molar refractivity (Wildman–Crippen MR) is 104 cm³/mol. The first-order valence-electron chi connectivity index (χ1n) is 8.66. The largest absolute Gasteiger partial charge is 0.493 e. The van der Waals surface area contributed by atoms with Crippen molar-refractivity contribution in [2.75, 3.05) is 11.9 Å².